The first-order valence-corrected chi connectivity index (χ1v) is 4.21. The number of thiocarbonyl (C=S) groups is 1. The molecule has 5 nitrogen and oxygen atoms in total. The highest BCUT2D eigenvalue weighted by atomic mass is 32.1. The molecule has 1 aromatic carbocycles. The second kappa shape index (κ2) is 4.64. The Morgan fingerprint density at radius 3 is 2.71 bits per heavy atom. The molecule has 0 heterocycles. The van der Waals surface area contributed by atoms with Gasteiger partial charge in [-0.25, -0.2) is 0 Å². The average molecular weight is 212 g/mol. The Morgan fingerprint density at radius 2 is 2.21 bits per heavy atom. The molecule has 0 fully saturated rings. The van der Waals surface area contributed by atoms with E-state index in [4.69, 9.17) is 10.5 Å². The third-order valence-electron chi connectivity index (χ3n) is 1.59. The Balaban J connectivity index is 2.98. The molecule has 1 rings (SSSR count). The minimum Gasteiger partial charge on any atom is -0.761 e. The second-order valence-electron chi connectivity index (χ2n) is 2.50. The lowest BCUT2D eigenvalue weighted by Gasteiger charge is -2.16. The van der Waals surface area contributed by atoms with Crippen LogP contribution in [0.1, 0.15) is 0 Å². The van der Waals surface area contributed by atoms with Gasteiger partial charge in [0, 0.05) is 6.07 Å². The van der Waals surface area contributed by atoms with Gasteiger partial charge in [-0.1, -0.05) is 0 Å². The molecule has 0 amide bonds. The third-order valence-corrected chi connectivity index (χ3v) is 1.70. The molecule has 0 saturated carbocycles. The van der Waals surface area contributed by atoms with Crippen molar-refractivity contribution in [2.75, 3.05) is 17.9 Å². The predicted molar refractivity (Wildman–Crippen MR) is 60.4 cm³/mol. The summed E-state index contributed by atoms with van der Waals surface area (Å²) in [5, 5.41) is 13.3. The number of anilines is 2. The van der Waals surface area contributed by atoms with Crippen LogP contribution in [-0.4, -0.2) is 12.2 Å². The number of hydrogen-bond donors (Lipinski definition) is 3. The summed E-state index contributed by atoms with van der Waals surface area (Å²) in [6.45, 7) is 0. The molecule has 0 aliphatic carbocycles. The Bertz CT molecular complexity index is 343. The Labute approximate surface area is 86.8 Å². The highest BCUT2D eigenvalue weighted by Gasteiger charge is 2.01. The minimum atomic E-state index is 0.103. The first-order chi connectivity index (χ1) is 6.67. The number of hydrogen-bond acceptors (Lipinski definition) is 4. The van der Waals surface area contributed by atoms with E-state index in [1.165, 1.54) is 7.11 Å². The maximum atomic E-state index is 10.6. The van der Waals surface area contributed by atoms with Crippen molar-refractivity contribution in [3.63, 3.8) is 0 Å². The van der Waals surface area contributed by atoms with Gasteiger partial charge in [0.2, 0.25) is 0 Å². The van der Waals surface area contributed by atoms with Crippen molar-refractivity contribution >= 4 is 28.7 Å². The van der Waals surface area contributed by atoms with E-state index < -0.39 is 0 Å². The molecule has 0 aliphatic heterocycles. The summed E-state index contributed by atoms with van der Waals surface area (Å²) in [6, 6.07) is 4.90. The van der Waals surface area contributed by atoms with Crippen molar-refractivity contribution in [2.24, 2.45) is 5.73 Å². The van der Waals surface area contributed by atoms with Crippen molar-refractivity contribution in [3.05, 3.63) is 23.4 Å². The van der Waals surface area contributed by atoms with Crippen molar-refractivity contribution in [3.8, 4) is 5.75 Å². The van der Waals surface area contributed by atoms with E-state index in [1.54, 1.807) is 23.7 Å². The van der Waals surface area contributed by atoms with Crippen LogP contribution in [0.3, 0.4) is 0 Å². The summed E-state index contributed by atoms with van der Waals surface area (Å²) >= 11 is 4.65. The zero-order chi connectivity index (χ0) is 10.6. The lowest BCUT2D eigenvalue weighted by Crippen LogP contribution is -2.19. The van der Waals surface area contributed by atoms with Gasteiger partial charge < -0.3 is 26.5 Å². The van der Waals surface area contributed by atoms with Crippen molar-refractivity contribution in [1.29, 1.82) is 0 Å². The largest absolute Gasteiger partial charge is 0.761 e. The Kier molecular flexibility index (Phi) is 3.49. The van der Waals surface area contributed by atoms with E-state index >= 15 is 0 Å². The Morgan fingerprint density at radius 1 is 1.50 bits per heavy atom. The topological polar surface area (TPSA) is 82.4 Å². The first kappa shape index (κ1) is 10.6. The van der Waals surface area contributed by atoms with E-state index in [1.807, 2.05) is 0 Å². The molecule has 76 valence electrons. The fourth-order valence-corrected chi connectivity index (χ4v) is 1.09. The summed E-state index contributed by atoms with van der Waals surface area (Å²) in [5.74, 6) is 0.580. The standard InChI is InChI=1S/C8H10N3O2S/c1-13-5-2-3-6(10-8(9)14)7(4-5)11-12/h2-4,11H,1H3,(H3,9,10,14)/q-1. The minimum absolute atomic E-state index is 0.103. The third kappa shape index (κ3) is 2.48. The normalized spacial score (nSPS) is 9.29. The number of rotatable bonds is 3. The first-order valence-electron chi connectivity index (χ1n) is 3.80. The van der Waals surface area contributed by atoms with Crippen LogP contribution in [0.4, 0.5) is 11.4 Å². The fourth-order valence-electron chi connectivity index (χ4n) is 0.977. The maximum Gasteiger partial charge on any atom is 0.168 e. The van der Waals surface area contributed by atoms with Crippen LogP contribution in [-0.2, 0) is 0 Å². The number of methoxy groups -OCH3 is 1. The van der Waals surface area contributed by atoms with Crippen LogP contribution in [0.5, 0.6) is 5.75 Å². The van der Waals surface area contributed by atoms with E-state index in [0.29, 0.717) is 17.1 Å². The van der Waals surface area contributed by atoms with Crippen LogP contribution in [0, 0.1) is 5.21 Å². The van der Waals surface area contributed by atoms with Gasteiger partial charge in [0.25, 0.3) is 0 Å². The Hall–Kier alpha value is -1.53. The van der Waals surface area contributed by atoms with Gasteiger partial charge in [0.15, 0.2) is 5.11 Å². The van der Waals surface area contributed by atoms with Gasteiger partial charge in [-0.3, -0.25) is 0 Å². The van der Waals surface area contributed by atoms with Crippen molar-refractivity contribution in [1.82, 2.24) is 0 Å². The van der Waals surface area contributed by atoms with Crippen molar-refractivity contribution < 1.29 is 4.74 Å². The SMILES string of the molecule is COc1ccc(NC(N)=S)c(N[O-])c1. The van der Waals surface area contributed by atoms with Gasteiger partial charge >= 0.3 is 0 Å². The molecule has 0 radical (unpaired) electrons. The van der Waals surface area contributed by atoms with E-state index in [9.17, 15) is 5.21 Å². The average Bonchev–Trinajstić information content (AvgIpc) is 2.17. The number of nitrogens with one attached hydrogen (secondary N) is 2. The summed E-state index contributed by atoms with van der Waals surface area (Å²) < 4.78 is 4.95. The van der Waals surface area contributed by atoms with Crippen LogP contribution >= 0.6 is 12.2 Å². The molecule has 4 N–H and O–H groups in total. The predicted octanol–water partition coefficient (Wildman–Crippen LogP) is 1.26. The molecule has 0 atom stereocenters. The molecule has 1 aromatic rings. The van der Waals surface area contributed by atoms with Gasteiger partial charge in [0.1, 0.15) is 5.75 Å². The molecular formula is C8H10N3O2S-. The summed E-state index contributed by atoms with van der Waals surface area (Å²) in [4.78, 5) is 0. The summed E-state index contributed by atoms with van der Waals surface area (Å²) in [7, 11) is 1.52. The van der Waals surface area contributed by atoms with E-state index in [0.717, 1.165) is 0 Å². The van der Waals surface area contributed by atoms with Crippen LogP contribution in [0.2, 0.25) is 0 Å². The van der Waals surface area contributed by atoms with Crippen LogP contribution in [0.25, 0.3) is 0 Å². The van der Waals surface area contributed by atoms with Crippen LogP contribution in [0.15, 0.2) is 18.2 Å². The molecule has 0 spiro atoms. The zero-order valence-electron chi connectivity index (χ0n) is 7.53. The maximum absolute atomic E-state index is 10.6. The monoisotopic (exact) mass is 212 g/mol. The molecule has 0 aliphatic rings. The smallest absolute Gasteiger partial charge is 0.168 e. The lowest BCUT2D eigenvalue weighted by atomic mass is 10.2. The fraction of sp³-hybridized carbons (Fsp3) is 0.125. The summed E-state index contributed by atoms with van der Waals surface area (Å²) in [6.07, 6.45) is 0. The highest BCUT2D eigenvalue weighted by Crippen LogP contribution is 2.26. The van der Waals surface area contributed by atoms with Crippen LogP contribution < -0.4 is 21.3 Å². The highest BCUT2D eigenvalue weighted by molar-refractivity contribution is 7.80. The number of benzene rings is 1. The van der Waals surface area contributed by atoms with Crippen molar-refractivity contribution in [2.45, 2.75) is 0 Å². The molecule has 0 aromatic heterocycles. The van der Waals surface area contributed by atoms with E-state index in [-0.39, 0.29) is 5.11 Å². The van der Waals surface area contributed by atoms with Gasteiger partial charge in [-0.05, 0) is 24.4 Å². The molecule has 0 saturated heterocycles. The van der Waals surface area contributed by atoms with Gasteiger partial charge in [0.05, 0.1) is 18.5 Å². The van der Waals surface area contributed by atoms with Gasteiger partial charge in [-0.2, -0.15) is 0 Å². The molecule has 0 bridgehead atoms. The molecule has 6 heteroatoms. The molecule has 14 heavy (non-hydrogen) atoms. The molecule has 0 unspecified atom stereocenters. The lowest BCUT2D eigenvalue weighted by molar-refractivity contribution is 0.415. The quantitative estimate of drug-likeness (QED) is 0.517. The van der Waals surface area contributed by atoms with E-state index in [2.05, 4.69) is 17.5 Å². The summed E-state index contributed by atoms with van der Waals surface area (Å²) in [5.41, 5.74) is 7.90. The van der Waals surface area contributed by atoms with Gasteiger partial charge in [-0.15, -0.1) is 0 Å². The zero-order valence-corrected chi connectivity index (χ0v) is 8.35. The molecular weight excluding hydrogens is 202 g/mol. The second-order valence-corrected chi connectivity index (χ2v) is 2.94. The number of nitrogens with two attached hydrogens (primary N) is 1. The number of ether oxygens (including phenoxy) is 1.